The van der Waals surface area contributed by atoms with Crippen molar-refractivity contribution < 1.29 is 0 Å². The monoisotopic (exact) mass is 181 g/mol. The Bertz CT molecular complexity index is 203. The van der Waals surface area contributed by atoms with E-state index in [-0.39, 0.29) is 5.15 Å². The standard InChI is InChI=1S/C5H2Cl3N/c6-3-1-2-9-5(8)4(3)7/h1-2H. The molecular weight excluding hydrogens is 180 g/mol. The van der Waals surface area contributed by atoms with Crippen LogP contribution in [0.3, 0.4) is 0 Å². The molecule has 0 saturated heterocycles. The SMILES string of the molecule is Clc1ccnc(Cl)c1Cl. The van der Waals surface area contributed by atoms with Crippen LogP contribution in [0.1, 0.15) is 0 Å². The fraction of sp³-hybridized carbons (Fsp3) is 0. The number of halogens is 3. The summed E-state index contributed by atoms with van der Waals surface area (Å²) in [4.78, 5) is 3.69. The first-order valence-corrected chi connectivity index (χ1v) is 3.30. The average molecular weight is 182 g/mol. The molecule has 9 heavy (non-hydrogen) atoms. The van der Waals surface area contributed by atoms with Gasteiger partial charge in [-0.3, -0.25) is 0 Å². The minimum Gasteiger partial charge on any atom is -0.243 e. The van der Waals surface area contributed by atoms with Crippen LogP contribution in [0.15, 0.2) is 12.3 Å². The van der Waals surface area contributed by atoms with Crippen LogP contribution in [0.4, 0.5) is 0 Å². The molecule has 0 bridgehead atoms. The molecule has 0 aliphatic carbocycles. The van der Waals surface area contributed by atoms with E-state index in [1.165, 1.54) is 6.20 Å². The molecule has 0 aliphatic heterocycles. The topological polar surface area (TPSA) is 12.9 Å². The van der Waals surface area contributed by atoms with Crippen LogP contribution < -0.4 is 0 Å². The zero-order valence-corrected chi connectivity index (χ0v) is 6.50. The van der Waals surface area contributed by atoms with E-state index in [2.05, 4.69) is 4.98 Å². The summed E-state index contributed by atoms with van der Waals surface area (Å²) in [5.41, 5.74) is 0. The minimum absolute atomic E-state index is 0.240. The predicted octanol–water partition coefficient (Wildman–Crippen LogP) is 3.04. The van der Waals surface area contributed by atoms with Gasteiger partial charge < -0.3 is 0 Å². The fourth-order valence-electron chi connectivity index (χ4n) is 0.397. The maximum absolute atomic E-state index is 5.56. The molecule has 4 heteroatoms. The molecule has 0 N–H and O–H groups in total. The second-order valence-corrected chi connectivity index (χ2v) is 2.54. The van der Waals surface area contributed by atoms with Gasteiger partial charge in [-0.25, -0.2) is 4.98 Å². The fourth-order valence-corrected chi connectivity index (χ4v) is 0.861. The quantitative estimate of drug-likeness (QED) is 0.562. The first-order chi connectivity index (χ1) is 4.22. The Kier molecular flexibility index (Phi) is 2.17. The normalized spacial score (nSPS) is 9.67. The van der Waals surface area contributed by atoms with E-state index in [4.69, 9.17) is 34.8 Å². The summed E-state index contributed by atoms with van der Waals surface area (Å²) < 4.78 is 0. The van der Waals surface area contributed by atoms with E-state index in [9.17, 15) is 0 Å². The van der Waals surface area contributed by atoms with Crippen molar-refractivity contribution in [3.8, 4) is 0 Å². The molecule has 0 fully saturated rings. The summed E-state index contributed by atoms with van der Waals surface area (Å²) in [6.07, 6.45) is 1.50. The molecule has 0 atom stereocenters. The summed E-state index contributed by atoms with van der Waals surface area (Å²) in [5.74, 6) is 0. The summed E-state index contributed by atoms with van der Waals surface area (Å²) >= 11 is 16.6. The number of nitrogens with zero attached hydrogens (tertiary/aromatic N) is 1. The molecule has 1 rings (SSSR count). The van der Waals surface area contributed by atoms with E-state index < -0.39 is 0 Å². The van der Waals surface area contributed by atoms with Gasteiger partial charge in [-0.05, 0) is 6.07 Å². The Hall–Kier alpha value is 0.0200. The first-order valence-electron chi connectivity index (χ1n) is 2.17. The summed E-state index contributed by atoms with van der Waals surface area (Å²) in [6.45, 7) is 0. The third-order valence-corrected chi connectivity index (χ3v) is 1.98. The van der Waals surface area contributed by atoms with Crippen molar-refractivity contribution in [3.63, 3.8) is 0 Å². The van der Waals surface area contributed by atoms with Crippen LogP contribution in [0.2, 0.25) is 15.2 Å². The second-order valence-electron chi connectivity index (χ2n) is 1.40. The molecule has 0 amide bonds. The lowest BCUT2D eigenvalue weighted by atomic mass is 10.5. The maximum atomic E-state index is 5.56. The molecule has 1 aromatic rings. The van der Waals surface area contributed by atoms with E-state index in [0.717, 1.165) is 0 Å². The molecule has 1 heterocycles. The van der Waals surface area contributed by atoms with Gasteiger partial charge in [0.1, 0.15) is 5.15 Å². The zero-order chi connectivity index (χ0) is 6.85. The van der Waals surface area contributed by atoms with Crippen molar-refractivity contribution in [2.45, 2.75) is 0 Å². The van der Waals surface area contributed by atoms with E-state index in [0.29, 0.717) is 10.0 Å². The lowest BCUT2D eigenvalue weighted by Gasteiger charge is -1.93. The van der Waals surface area contributed by atoms with Gasteiger partial charge in [0.25, 0.3) is 0 Å². The molecule has 1 aromatic heterocycles. The van der Waals surface area contributed by atoms with Crippen LogP contribution in [0.25, 0.3) is 0 Å². The Morgan fingerprint density at radius 3 is 2.33 bits per heavy atom. The smallest absolute Gasteiger partial charge is 0.149 e. The molecule has 0 saturated carbocycles. The number of hydrogen-bond acceptors (Lipinski definition) is 1. The molecule has 48 valence electrons. The lowest BCUT2D eigenvalue weighted by Crippen LogP contribution is -1.74. The molecule has 0 spiro atoms. The Balaban J connectivity index is 3.25. The number of hydrogen-bond donors (Lipinski definition) is 0. The molecule has 0 aromatic carbocycles. The summed E-state index contributed by atoms with van der Waals surface area (Å²) in [7, 11) is 0. The molecular formula is C5H2Cl3N. The van der Waals surface area contributed by atoms with Gasteiger partial charge in [0.15, 0.2) is 0 Å². The predicted molar refractivity (Wildman–Crippen MR) is 39.3 cm³/mol. The highest BCUT2D eigenvalue weighted by Crippen LogP contribution is 2.26. The Morgan fingerprint density at radius 2 is 1.89 bits per heavy atom. The van der Waals surface area contributed by atoms with E-state index in [1.807, 2.05) is 0 Å². The highest BCUT2D eigenvalue weighted by molar-refractivity contribution is 6.47. The third kappa shape index (κ3) is 1.48. The van der Waals surface area contributed by atoms with Gasteiger partial charge in [0.2, 0.25) is 0 Å². The van der Waals surface area contributed by atoms with Crippen LogP contribution in [0.5, 0.6) is 0 Å². The van der Waals surface area contributed by atoms with Crippen molar-refractivity contribution in [3.05, 3.63) is 27.5 Å². The van der Waals surface area contributed by atoms with Gasteiger partial charge in [-0.2, -0.15) is 0 Å². The van der Waals surface area contributed by atoms with Gasteiger partial charge in [-0.15, -0.1) is 0 Å². The molecule has 0 aliphatic rings. The number of aromatic nitrogens is 1. The van der Waals surface area contributed by atoms with Crippen LogP contribution in [0, 0.1) is 0 Å². The highest BCUT2D eigenvalue weighted by Gasteiger charge is 2.00. The Labute approximate surface area is 67.6 Å². The van der Waals surface area contributed by atoms with Gasteiger partial charge in [0, 0.05) is 6.20 Å². The van der Waals surface area contributed by atoms with Crippen molar-refractivity contribution in [2.75, 3.05) is 0 Å². The Morgan fingerprint density at radius 1 is 1.22 bits per heavy atom. The van der Waals surface area contributed by atoms with Crippen molar-refractivity contribution in [1.29, 1.82) is 0 Å². The summed E-state index contributed by atoms with van der Waals surface area (Å²) in [6, 6.07) is 1.58. The second kappa shape index (κ2) is 2.74. The van der Waals surface area contributed by atoms with E-state index >= 15 is 0 Å². The average Bonchev–Trinajstić information content (AvgIpc) is 1.83. The number of rotatable bonds is 0. The van der Waals surface area contributed by atoms with Gasteiger partial charge in [0.05, 0.1) is 10.0 Å². The van der Waals surface area contributed by atoms with Crippen LogP contribution in [-0.2, 0) is 0 Å². The third-order valence-electron chi connectivity index (χ3n) is 0.800. The van der Waals surface area contributed by atoms with Gasteiger partial charge >= 0.3 is 0 Å². The van der Waals surface area contributed by atoms with Crippen LogP contribution >= 0.6 is 34.8 Å². The van der Waals surface area contributed by atoms with Gasteiger partial charge in [-0.1, -0.05) is 34.8 Å². The highest BCUT2D eigenvalue weighted by atomic mass is 35.5. The van der Waals surface area contributed by atoms with Crippen LogP contribution in [-0.4, -0.2) is 4.98 Å². The first kappa shape index (κ1) is 7.13. The molecule has 0 unspecified atom stereocenters. The van der Waals surface area contributed by atoms with Crippen molar-refractivity contribution in [1.82, 2.24) is 4.98 Å². The van der Waals surface area contributed by atoms with E-state index in [1.54, 1.807) is 6.07 Å². The zero-order valence-electron chi connectivity index (χ0n) is 4.24. The summed E-state index contributed by atoms with van der Waals surface area (Å²) in [5, 5.41) is 0.974. The molecule has 1 nitrogen and oxygen atoms in total. The minimum atomic E-state index is 0.240. The van der Waals surface area contributed by atoms with Crippen molar-refractivity contribution in [2.24, 2.45) is 0 Å². The number of pyridine rings is 1. The maximum Gasteiger partial charge on any atom is 0.149 e. The lowest BCUT2D eigenvalue weighted by molar-refractivity contribution is 1.33. The largest absolute Gasteiger partial charge is 0.243 e. The van der Waals surface area contributed by atoms with Crippen molar-refractivity contribution >= 4 is 34.8 Å². The molecule has 0 radical (unpaired) electrons.